The Morgan fingerprint density at radius 1 is 1.05 bits per heavy atom. The van der Waals surface area contributed by atoms with E-state index in [0.29, 0.717) is 0 Å². The Hall–Kier alpha value is -2.10. The highest BCUT2D eigenvalue weighted by atomic mass is 15.1. The summed E-state index contributed by atoms with van der Waals surface area (Å²) >= 11 is 0. The van der Waals surface area contributed by atoms with E-state index in [1.54, 1.807) is 6.08 Å². The van der Waals surface area contributed by atoms with E-state index in [1.807, 2.05) is 24.3 Å². The standard InChI is InChI=1S/C16H17N3/c17-11-16(12-18)10-14-4-6-15(7-5-14)13-19-8-2-1-3-9-19/h4-7,10H,1-3,8-9,13H2. The van der Waals surface area contributed by atoms with Gasteiger partial charge in [0, 0.05) is 6.54 Å². The van der Waals surface area contributed by atoms with Crippen LogP contribution in [0.25, 0.3) is 6.08 Å². The molecule has 1 aromatic carbocycles. The van der Waals surface area contributed by atoms with Crippen LogP contribution in [0.1, 0.15) is 30.4 Å². The van der Waals surface area contributed by atoms with Gasteiger partial charge in [-0.2, -0.15) is 10.5 Å². The molecule has 0 unspecified atom stereocenters. The van der Waals surface area contributed by atoms with E-state index in [9.17, 15) is 0 Å². The van der Waals surface area contributed by atoms with Gasteiger partial charge in [-0.05, 0) is 43.1 Å². The summed E-state index contributed by atoms with van der Waals surface area (Å²) in [5.41, 5.74) is 2.33. The topological polar surface area (TPSA) is 50.8 Å². The first-order chi connectivity index (χ1) is 9.31. The summed E-state index contributed by atoms with van der Waals surface area (Å²) in [5, 5.41) is 17.4. The second kappa shape index (κ2) is 6.73. The van der Waals surface area contributed by atoms with Gasteiger partial charge in [0.05, 0.1) is 0 Å². The Morgan fingerprint density at radius 2 is 1.68 bits per heavy atom. The minimum atomic E-state index is 0.142. The fourth-order valence-electron chi connectivity index (χ4n) is 2.35. The van der Waals surface area contributed by atoms with Crippen molar-refractivity contribution in [1.82, 2.24) is 4.90 Å². The fraction of sp³-hybridized carbons (Fsp3) is 0.375. The molecule has 3 nitrogen and oxygen atoms in total. The molecule has 19 heavy (non-hydrogen) atoms. The number of rotatable bonds is 3. The number of hydrogen-bond donors (Lipinski definition) is 0. The van der Waals surface area contributed by atoms with E-state index < -0.39 is 0 Å². The maximum absolute atomic E-state index is 8.71. The van der Waals surface area contributed by atoms with Crippen LogP contribution in [-0.4, -0.2) is 18.0 Å². The van der Waals surface area contributed by atoms with Crippen molar-refractivity contribution in [2.45, 2.75) is 25.8 Å². The molecule has 0 N–H and O–H groups in total. The minimum absolute atomic E-state index is 0.142. The molecule has 1 saturated heterocycles. The number of nitriles is 2. The van der Waals surface area contributed by atoms with E-state index in [1.165, 1.54) is 37.9 Å². The molecule has 0 aliphatic carbocycles. The molecule has 0 bridgehead atoms. The second-order valence-corrected chi connectivity index (χ2v) is 4.86. The van der Waals surface area contributed by atoms with Crippen molar-refractivity contribution in [2.24, 2.45) is 0 Å². The molecule has 0 spiro atoms. The molecule has 96 valence electrons. The molecule has 0 saturated carbocycles. The lowest BCUT2D eigenvalue weighted by Gasteiger charge is -2.26. The van der Waals surface area contributed by atoms with Crippen molar-refractivity contribution in [3.8, 4) is 12.1 Å². The Kier molecular flexibility index (Phi) is 4.72. The lowest BCUT2D eigenvalue weighted by Crippen LogP contribution is -2.29. The summed E-state index contributed by atoms with van der Waals surface area (Å²) in [7, 11) is 0. The second-order valence-electron chi connectivity index (χ2n) is 4.86. The molecule has 1 aliphatic heterocycles. The zero-order valence-corrected chi connectivity index (χ0v) is 11.0. The van der Waals surface area contributed by atoms with Crippen LogP contribution >= 0.6 is 0 Å². The summed E-state index contributed by atoms with van der Waals surface area (Å²) in [6.07, 6.45) is 5.57. The minimum Gasteiger partial charge on any atom is -0.299 e. The largest absolute Gasteiger partial charge is 0.299 e. The van der Waals surface area contributed by atoms with Crippen molar-refractivity contribution >= 4 is 6.08 Å². The lowest BCUT2D eigenvalue weighted by atomic mass is 10.1. The third-order valence-electron chi connectivity index (χ3n) is 3.39. The molecular weight excluding hydrogens is 234 g/mol. The lowest BCUT2D eigenvalue weighted by molar-refractivity contribution is 0.221. The number of nitrogens with zero attached hydrogens (tertiary/aromatic N) is 3. The van der Waals surface area contributed by atoms with Gasteiger partial charge in [0.1, 0.15) is 17.7 Å². The highest BCUT2D eigenvalue weighted by Crippen LogP contribution is 2.14. The van der Waals surface area contributed by atoms with Gasteiger partial charge in [-0.15, -0.1) is 0 Å². The summed E-state index contributed by atoms with van der Waals surface area (Å²) in [4.78, 5) is 2.48. The van der Waals surface area contributed by atoms with Crippen molar-refractivity contribution < 1.29 is 0 Å². The van der Waals surface area contributed by atoms with Gasteiger partial charge < -0.3 is 0 Å². The average molecular weight is 251 g/mol. The van der Waals surface area contributed by atoms with Crippen molar-refractivity contribution in [2.75, 3.05) is 13.1 Å². The molecule has 2 rings (SSSR count). The Balaban J connectivity index is 2.00. The molecule has 0 amide bonds. The van der Waals surface area contributed by atoms with E-state index in [-0.39, 0.29) is 5.57 Å². The first-order valence-electron chi connectivity index (χ1n) is 6.65. The van der Waals surface area contributed by atoms with Crippen LogP contribution in [0.2, 0.25) is 0 Å². The summed E-state index contributed by atoms with van der Waals surface area (Å²) in [5.74, 6) is 0. The summed E-state index contributed by atoms with van der Waals surface area (Å²) in [6.45, 7) is 3.37. The predicted octanol–water partition coefficient (Wildman–Crippen LogP) is 3.10. The van der Waals surface area contributed by atoms with Crippen LogP contribution in [-0.2, 0) is 6.54 Å². The molecule has 0 radical (unpaired) electrons. The van der Waals surface area contributed by atoms with Gasteiger partial charge in [0.2, 0.25) is 0 Å². The van der Waals surface area contributed by atoms with Crippen LogP contribution in [0.4, 0.5) is 0 Å². The molecule has 0 atom stereocenters. The van der Waals surface area contributed by atoms with E-state index in [0.717, 1.165) is 12.1 Å². The van der Waals surface area contributed by atoms with Crippen LogP contribution in [0.3, 0.4) is 0 Å². The SMILES string of the molecule is N#CC(C#N)=Cc1ccc(CN2CCCCC2)cc1. The molecule has 1 heterocycles. The summed E-state index contributed by atoms with van der Waals surface area (Å²) < 4.78 is 0. The monoisotopic (exact) mass is 251 g/mol. The molecular formula is C16H17N3. The molecule has 0 aromatic heterocycles. The van der Waals surface area contributed by atoms with Gasteiger partial charge in [-0.25, -0.2) is 0 Å². The number of piperidine rings is 1. The van der Waals surface area contributed by atoms with E-state index in [4.69, 9.17) is 10.5 Å². The van der Waals surface area contributed by atoms with Gasteiger partial charge >= 0.3 is 0 Å². The third kappa shape index (κ3) is 3.95. The molecule has 1 fully saturated rings. The number of benzene rings is 1. The first kappa shape index (κ1) is 13.3. The molecule has 3 heteroatoms. The maximum atomic E-state index is 8.71. The zero-order chi connectivity index (χ0) is 13.5. The van der Waals surface area contributed by atoms with Crippen LogP contribution in [0, 0.1) is 22.7 Å². The predicted molar refractivity (Wildman–Crippen MR) is 74.8 cm³/mol. The Morgan fingerprint density at radius 3 is 2.26 bits per heavy atom. The van der Waals surface area contributed by atoms with Gasteiger partial charge in [-0.3, -0.25) is 4.90 Å². The van der Waals surface area contributed by atoms with Crippen molar-refractivity contribution in [3.63, 3.8) is 0 Å². The average Bonchev–Trinajstić information content (AvgIpc) is 2.47. The highest BCUT2D eigenvalue weighted by Gasteiger charge is 2.09. The molecule has 1 aromatic rings. The van der Waals surface area contributed by atoms with Gasteiger partial charge in [0.25, 0.3) is 0 Å². The number of allylic oxidation sites excluding steroid dienone is 1. The van der Waals surface area contributed by atoms with Crippen LogP contribution in [0.5, 0.6) is 0 Å². The van der Waals surface area contributed by atoms with Crippen molar-refractivity contribution in [1.29, 1.82) is 10.5 Å². The normalized spacial score (nSPS) is 15.3. The molecule has 1 aliphatic rings. The smallest absolute Gasteiger partial charge is 0.130 e. The highest BCUT2D eigenvalue weighted by molar-refractivity contribution is 5.61. The van der Waals surface area contributed by atoms with Crippen molar-refractivity contribution in [3.05, 3.63) is 41.0 Å². The first-order valence-corrected chi connectivity index (χ1v) is 6.65. The van der Waals surface area contributed by atoms with E-state index in [2.05, 4.69) is 17.0 Å². The number of likely N-dealkylation sites (tertiary alicyclic amines) is 1. The zero-order valence-electron chi connectivity index (χ0n) is 11.0. The van der Waals surface area contributed by atoms with Crippen LogP contribution < -0.4 is 0 Å². The summed E-state index contributed by atoms with van der Waals surface area (Å²) in [6, 6.07) is 11.8. The van der Waals surface area contributed by atoms with Gasteiger partial charge in [-0.1, -0.05) is 30.7 Å². The van der Waals surface area contributed by atoms with E-state index >= 15 is 0 Å². The fourth-order valence-corrected chi connectivity index (χ4v) is 2.35. The van der Waals surface area contributed by atoms with Crippen LogP contribution in [0.15, 0.2) is 29.8 Å². The van der Waals surface area contributed by atoms with Gasteiger partial charge in [0.15, 0.2) is 0 Å². The third-order valence-corrected chi connectivity index (χ3v) is 3.39. The Bertz CT molecular complexity index is 507. The quantitative estimate of drug-likeness (QED) is 0.776. The number of hydrogen-bond acceptors (Lipinski definition) is 3. The Labute approximate surface area is 114 Å². The maximum Gasteiger partial charge on any atom is 0.130 e.